The Labute approximate surface area is 94.2 Å². The Morgan fingerprint density at radius 1 is 1.44 bits per heavy atom. The predicted octanol–water partition coefficient (Wildman–Crippen LogP) is 1.01. The molecule has 1 aliphatic heterocycles. The van der Waals surface area contributed by atoms with Crippen molar-refractivity contribution in [3.8, 4) is 0 Å². The van der Waals surface area contributed by atoms with E-state index in [9.17, 15) is 4.79 Å². The predicted molar refractivity (Wildman–Crippen MR) is 61.7 cm³/mol. The van der Waals surface area contributed by atoms with E-state index in [1.807, 2.05) is 13.8 Å². The number of fused-ring (bicyclic) bond motifs is 1. The maximum atomic E-state index is 11.9. The molecule has 5 heteroatoms. The Bertz CT molecular complexity index is 451. The number of methoxy groups -OCH3 is 1. The van der Waals surface area contributed by atoms with Gasteiger partial charge in [0.15, 0.2) is 0 Å². The number of nitrogens with one attached hydrogen (secondary N) is 2. The van der Waals surface area contributed by atoms with Crippen LogP contribution in [-0.4, -0.2) is 23.6 Å². The van der Waals surface area contributed by atoms with Gasteiger partial charge in [-0.05, 0) is 26.7 Å². The highest BCUT2D eigenvalue weighted by atomic mass is 16.5. The normalized spacial score (nSPS) is 15.4. The first-order chi connectivity index (χ1) is 7.54. The minimum Gasteiger partial charge on any atom is -0.371 e. The number of hydrogen-bond donors (Lipinski definition) is 2. The summed E-state index contributed by atoms with van der Waals surface area (Å²) in [5, 5.41) is 3.15. The van der Waals surface area contributed by atoms with Gasteiger partial charge in [-0.2, -0.15) is 0 Å². The van der Waals surface area contributed by atoms with Crippen LogP contribution in [-0.2, 0) is 16.8 Å². The summed E-state index contributed by atoms with van der Waals surface area (Å²) in [6.07, 6.45) is 1.77. The highest BCUT2D eigenvalue weighted by Gasteiger charge is 2.25. The lowest BCUT2D eigenvalue weighted by atomic mass is 10.1. The molecule has 0 saturated carbocycles. The van der Waals surface area contributed by atoms with E-state index in [-0.39, 0.29) is 5.56 Å². The Kier molecular flexibility index (Phi) is 2.71. The van der Waals surface area contributed by atoms with Gasteiger partial charge in [-0.1, -0.05) is 0 Å². The summed E-state index contributed by atoms with van der Waals surface area (Å²) in [4.78, 5) is 19.1. The zero-order chi connectivity index (χ0) is 11.8. The Hall–Kier alpha value is -1.36. The largest absolute Gasteiger partial charge is 0.371 e. The van der Waals surface area contributed by atoms with Crippen molar-refractivity contribution in [3.05, 3.63) is 21.7 Å². The van der Waals surface area contributed by atoms with E-state index in [1.54, 1.807) is 7.11 Å². The molecule has 5 nitrogen and oxygen atoms in total. The fraction of sp³-hybridized carbons (Fsp3) is 0.636. The molecule has 2 heterocycles. The maximum Gasteiger partial charge on any atom is 0.256 e. The summed E-state index contributed by atoms with van der Waals surface area (Å²) in [5.74, 6) is 1.27. The monoisotopic (exact) mass is 223 g/mol. The number of nitrogens with zero attached hydrogens (tertiary/aromatic N) is 1. The number of ether oxygens (including phenoxy) is 1. The molecule has 2 rings (SSSR count). The van der Waals surface area contributed by atoms with Crippen molar-refractivity contribution < 1.29 is 4.74 Å². The molecule has 0 atom stereocenters. The van der Waals surface area contributed by atoms with Crippen molar-refractivity contribution in [1.29, 1.82) is 0 Å². The van der Waals surface area contributed by atoms with Gasteiger partial charge in [0.1, 0.15) is 17.2 Å². The van der Waals surface area contributed by atoms with Crippen LogP contribution in [0.25, 0.3) is 0 Å². The number of H-pyrrole nitrogens is 1. The molecule has 1 aromatic heterocycles. The lowest BCUT2D eigenvalue weighted by molar-refractivity contribution is 0.0113. The topological polar surface area (TPSA) is 67.0 Å². The molecule has 0 aromatic carbocycles. The van der Waals surface area contributed by atoms with Crippen molar-refractivity contribution in [2.24, 2.45) is 0 Å². The van der Waals surface area contributed by atoms with Gasteiger partial charge in [0, 0.05) is 13.7 Å². The summed E-state index contributed by atoms with van der Waals surface area (Å²) >= 11 is 0. The molecule has 0 saturated heterocycles. The van der Waals surface area contributed by atoms with Crippen LogP contribution in [0.1, 0.15) is 31.7 Å². The zero-order valence-corrected chi connectivity index (χ0v) is 9.89. The lowest BCUT2D eigenvalue weighted by Crippen LogP contribution is -2.31. The fourth-order valence-electron chi connectivity index (χ4n) is 1.73. The molecule has 0 amide bonds. The molecule has 16 heavy (non-hydrogen) atoms. The Balaban J connectivity index is 2.51. The third-order valence-corrected chi connectivity index (χ3v) is 2.99. The number of anilines is 1. The average molecular weight is 223 g/mol. The summed E-state index contributed by atoms with van der Waals surface area (Å²) in [6, 6.07) is 0. The van der Waals surface area contributed by atoms with Gasteiger partial charge in [0.05, 0.1) is 5.56 Å². The van der Waals surface area contributed by atoms with Crippen molar-refractivity contribution in [3.63, 3.8) is 0 Å². The molecular formula is C11H17N3O2. The quantitative estimate of drug-likeness (QED) is 0.785. The molecule has 0 radical (unpaired) electrons. The second kappa shape index (κ2) is 3.90. The Morgan fingerprint density at radius 2 is 2.19 bits per heavy atom. The standard InChI is InChI=1S/C11H17N3O2/c1-11(2,16-3)10-13-8-7(9(15)14-10)5-4-6-12-8/h4-6H2,1-3H3,(H2,12,13,14,15). The molecular weight excluding hydrogens is 206 g/mol. The third kappa shape index (κ3) is 1.82. The third-order valence-electron chi connectivity index (χ3n) is 2.99. The molecule has 0 aliphatic carbocycles. The van der Waals surface area contributed by atoms with Gasteiger partial charge in [-0.3, -0.25) is 4.79 Å². The summed E-state index contributed by atoms with van der Waals surface area (Å²) in [6.45, 7) is 4.62. The Morgan fingerprint density at radius 3 is 2.88 bits per heavy atom. The smallest absolute Gasteiger partial charge is 0.256 e. The van der Waals surface area contributed by atoms with Gasteiger partial charge in [-0.25, -0.2) is 4.98 Å². The van der Waals surface area contributed by atoms with E-state index < -0.39 is 5.60 Å². The highest BCUT2D eigenvalue weighted by molar-refractivity contribution is 5.45. The number of rotatable bonds is 2. The number of aromatic nitrogens is 2. The second-order valence-electron chi connectivity index (χ2n) is 4.49. The van der Waals surface area contributed by atoms with E-state index in [0.29, 0.717) is 11.6 Å². The van der Waals surface area contributed by atoms with Gasteiger partial charge >= 0.3 is 0 Å². The van der Waals surface area contributed by atoms with Gasteiger partial charge in [0.2, 0.25) is 0 Å². The number of aromatic amines is 1. The van der Waals surface area contributed by atoms with Crippen LogP contribution in [0.5, 0.6) is 0 Å². The van der Waals surface area contributed by atoms with Crippen LogP contribution in [0.4, 0.5) is 5.82 Å². The molecule has 88 valence electrons. The summed E-state index contributed by atoms with van der Waals surface area (Å²) < 4.78 is 5.31. The van der Waals surface area contributed by atoms with E-state index in [2.05, 4.69) is 15.3 Å². The minimum atomic E-state index is -0.576. The molecule has 0 spiro atoms. The SMILES string of the molecule is COC(C)(C)c1nc2c(c(=O)[nH]1)CCCN2. The van der Waals surface area contributed by atoms with Crippen molar-refractivity contribution in [2.75, 3.05) is 19.0 Å². The van der Waals surface area contributed by atoms with Crippen molar-refractivity contribution in [1.82, 2.24) is 9.97 Å². The minimum absolute atomic E-state index is 0.0580. The highest BCUT2D eigenvalue weighted by Crippen LogP contribution is 2.22. The van der Waals surface area contributed by atoms with E-state index in [0.717, 1.165) is 24.9 Å². The fourth-order valence-corrected chi connectivity index (χ4v) is 1.73. The van der Waals surface area contributed by atoms with Crippen LogP contribution in [0.2, 0.25) is 0 Å². The van der Waals surface area contributed by atoms with Crippen molar-refractivity contribution in [2.45, 2.75) is 32.3 Å². The van der Waals surface area contributed by atoms with Crippen molar-refractivity contribution >= 4 is 5.82 Å². The first-order valence-electron chi connectivity index (χ1n) is 5.47. The summed E-state index contributed by atoms with van der Waals surface area (Å²) in [7, 11) is 1.60. The molecule has 0 unspecified atom stereocenters. The average Bonchev–Trinajstić information content (AvgIpc) is 2.29. The van der Waals surface area contributed by atoms with E-state index >= 15 is 0 Å². The first-order valence-corrected chi connectivity index (χ1v) is 5.47. The summed E-state index contributed by atoms with van der Waals surface area (Å²) in [5.41, 5.74) is 0.118. The van der Waals surface area contributed by atoms with Crippen LogP contribution >= 0.6 is 0 Å². The second-order valence-corrected chi connectivity index (χ2v) is 4.49. The van der Waals surface area contributed by atoms with Crippen LogP contribution in [0.15, 0.2) is 4.79 Å². The van der Waals surface area contributed by atoms with Gasteiger partial charge < -0.3 is 15.0 Å². The molecule has 2 N–H and O–H groups in total. The molecule has 0 bridgehead atoms. The van der Waals surface area contributed by atoms with E-state index in [4.69, 9.17) is 4.74 Å². The zero-order valence-electron chi connectivity index (χ0n) is 9.89. The van der Waals surface area contributed by atoms with Gasteiger partial charge in [0.25, 0.3) is 5.56 Å². The van der Waals surface area contributed by atoms with Crippen LogP contribution in [0.3, 0.4) is 0 Å². The molecule has 0 fully saturated rings. The maximum absolute atomic E-state index is 11.9. The van der Waals surface area contributed by atoms with Crippen LogP contribution < -0.4 is 10.9 Å². The van der Waals surface area contributed by atoms with E-state index in [1.165, 1.54) is 0 Å². The van der Waals surface area contributed by atoms with Gasteiger partial charge in [-0.15, -0.1) is 0 Å². The molecule has 1 aromatic rings. The van der Waals surface area contributed by atoms with Crippen LogP contribution in [0, 0.1) is 0 Å². The lowest BCUT2D eigenvalue weighted by Gasteiger charge is -2.24. The first kappa shape index (κ1) is 11.1. The number of hydrogen-bond acceptors (Lipinski definition) is 4. The molecule has 1 aliphatic rings.